The number of nitrogens with zero attached hydrogens (tertiary/aromatic N) is 4. The number of thiazole rings is 1. The highest BCUT2D eigenvalue weighted by Gasteiger charge is 2.27. The molecule has 4 rings (SSSR count). The lowest BCUT2D eigenvalue weighted by molar-refractivity contribution is -0.134. The van der Waals surface area contributed by atoms with E-state index in [9.17, 15) is 14.0 Å². The normalized spacial score (nSPS) is 18.3. The summed E-state index contributed by atoms with van der Waals surface area (Å²) in [7, 11) is 0. The number of carbonyl (C=O) groups is 2. The number of likely N-dealkylation sites (tertiary alicyclic amines) is 1. The number of halogens is 1. The Labute approximate surface area is 185 Å². The first kappa shape index (κ1) is 21.7. The van der Waals surface area contributed by atoms with E-state index in [1.165, 1.54) is 17.4 Å². The zero-order chi connectivity index (χ0) is 21.8. The van der Waals surface area contributed by atoms with Gasteiger partial charge in [0.1, 0.15) is 11.5 Å². The van der Waals surface area contributed by atoms with Crippen molar-refractivity contribution in [3.8, 4) is 0 Å². The van der Waals surface area contributed by atoms with E-state index in [0.717, 1.165) is 25.9 Å². The molecule has 0 radical (unpaired) electrons. The Morgan fingerprint density at radius 3 is 2.52 bits per heavy atom. The van der Waals surface area contributed by atoms with Crippen LogP contribution < -0.4 is 5.32 Å². The lowest BCUT2D eigenvalue weighted by atomic mass is 9.99. The predicted octanol–water partition coefficient (Wildman–Crippen LogP) is 3.04. The molecule has 0 aliphatic carbocycles. The largest absolute Gasteiger partial charge is 0.342 e. The van der Waals surface area contributed by atoms with Crippen molar-refractivity contribution in [3.63, 3.8) is 0 Å². The van der Waals surface area contributed by atoms with Gasteiger partial charge in [-0.1, -0.05) is 19.1 Å². The standard InChI is InChI=1S/C22H28FN5O2S/c1-16-6-8-27(9-7-16)20(29)14-26-10-12-28(13-11-26)21(30)19-15-31-22(25-19)24-18-5-3-2-4-17(18)23/h2-5,15-16H,6-14H2,1H3,(H,24,25). The number of aromatic nitrogens is 1. The summed E-state index contributed by atoms with van der Waals surface area (Å²) in [6.45, 7) is 6.84. The number of hydrogen-bond acceptors (Lipinski definition) is 6. The molecule has 2 aromatic rings. The fourth-order valence-electron chi connectivity index (χ4n) is 3.93. The van der Waals surface area contributed by atoms with Crippen molar-refractivity contribution in [1.29, 1.82) is 0 Å². The molecule has 0 spiro atoms. The van der Waals surface area contributed by atoms with E-state index in [2.05, 4.69) is 22.1 Å². The van der Waals surface area contributed by atoms with Crippen molar-refractivity contribution < 1.29 is 14.0 Å². The van der Waals surface area contributed by atoms with Gasteiger partial charge in [0.2, 0.25) is 5.91 Å². The van der Waals surface area contributed by atoms with Gasteiger partial charge in [-0.05, 0) is 30.9 Å². The van der Waals surface area contributed by atoms with Crippen LogP contribution in [-0.4, -0.2) is 77.3 Å². The predicted molar refractivity (Wildman–Crippen MR) is 119 cm³/mol. The molecule has 1 N–H and O–H groups in total. The molecule has 0 bridgehead atoms. The average molecular weight is 446 g/mol. The van der Waals surface area contributed by atoms with Crippen LogP contribution in [0.3, 0.4) is 0 Å². The summed E-state index contributed by atoms with van der Waals surface area (Å²) >= 11 is 1.27. The van der Waals surface area contributed by atoms with Gasteiger partial charge in [-0.2, -0.15) is 0 Å². The van der Waals surface area contributed by atoms with Crippen LogP contribution in [-0.2, 0) is 4.79 Å². The van der Waals surface area contributed by atoms with Crippen LogP contribution in [0.2, 0.25) is 0 Å². The minimum absolute atomic E-state index is 0.131. The molecule has 0 atom stereocenters. The Balaban J connectivity index is 1.26. The number of nitrogens with one attached hydrogen (secondary N) is 1. The van der Waals surface area contributed by atoms with Crippen molar-refractivity contribution in [2.24, 2.45) is 5.92 Å². The maximum Gasteiger partial charge on any atom is 0.273 e. The van der Waals surface area contributed by atoms with Crippen molar-refractivity contribution in [2.45, 2.75) is 19.8 Å². The SMILES string of the molecule is CC1CCN(C(=O)CN2CCN(C(=O)c3csc(Nc4ccccc4F)n3)CC2)CC1. The molecule has 7 nitrogen and oxygen atoms in total. The molecular formula is C22H28FN5O2S. The quantitative estimate of drug-likeness (QED) is 0.766. The molecule has 9 heteroatoms. The minimum Gasteiger partial charge on any atom is -0.342 e. The Kier molecular flexibility index (Phi) is 6.82. The highest BCUT2D eigenvalue weighted by atomic mass is 32.1. The third kappa shape index (κ3) is 5.40. The van der Waals surface area contributed by atoms with Gasteiger partial charge < -0.3 is 15.1 Å². The molecule has 3 heterocycles. The smallest absolute Gasteiger partial charge is 0.273 e. The second-order valence-corrected chi connectivity index (χ2v) is 9.13. The number of carbonyl (C=O) groups excluding carboxylic acids is 2. The lowest BCUT2D eigenvalue weighted by Gasteiger charge is -2.36. The maximum absolute atomic E-state index is 13.8. The molecule has 166 valence electrons. The van der Waals surface area contributed by atoms with Gasteiger partial charge in [-0.3, -0.25) is 14.5 Å². The van der Waals surface area contributed by atoms with Gasteiger partial charge in [0.15, 0.2) is 5.13 Å². The number of anilines is 2. The fourth-order valence-corrected chi connectivity index (χ4v) is 4.62. The van der Waals surface area contributed by atoms with Gasteiger partial charge >= 0.3 is 0 Å². The van der Waals surface area contributed by atoms with Gasteiger partial charge in [-0.25, -0.2) is 9.37 Å². The van der Waals surface area contributed by atoms with E-state index in [1.807, 2.05) is 4.90 Å². The number of piperidine rings is 1. The van der Waals surface area contributed by atoms with Crippen LogP contribution in [0.15, 0.2) is 29.6 Å². The number of benzene rings is 1. The number of amides is 2. The van der Waals surface area contributed by atoms with E-state index in [4.69, 9.17) is 0 Å². The molecular weight excluding hydrogens is 417 g/mol. The molecule has 2 aliphatic rings. The summed E-state index contributed by atoms with van der Waals surface area (Å²) in [5.41, 5.74) is 0.688. The fraction of sp³-hybridized carbons (Fsp3) is 0.500. The third-order valence-electron chi connectivity index (χ3n) is 5.99. The van der Waals surface area contributed by atoms with Crippen LogP contribution in [0.5, 0.6) is 0 Å². The number of piperazine rings is 1. The Bertz CT molecular complexity index is 920. The van der Waals surface area contributed by atoms with Crippen LogP contribution in [0.25, 0.3) is 0 Å². The van der Waals surface area contributed by atoms with Crippen LogP contribution in [0.1, 0.15) is 30.3 Å². The third-order valence-corrected chi connectivity index (χ3v) is 6.75. The van der Waals surface area contributed by atoms with Gasteiger partial charge in [-0.15, -0.1) is 11.3 Å². The summed E-state index contributed by atoms with van der Waals surface area (Å²) in [5.74, 6) is 0.394. The van der Waals surface area contributed by atoms with Crippen molar-refractivity contribution >= 4 is 34.0 Å². The zero-order valence-corrected chi connectivity index (χ0v) is 18.5. The minimum atomic E-state index is -0.365. The number of rotatable bonds is 5. The molecule has 2 aliphatic heterocycles. The first-order chi connectivity index (χ1) is 15.0. The number of para-hydroxylation sites is 1. The summed E-state index contributed by atoms with van der Waals surface area (Å²) < 4.78 is 13.8. The van der Waals surface area contributed by atoms with Gasteiger partial charge in [0.25, 0.3) is 5.91 Å². The molecule has 2 saturated heterocycles. The lowest BCUT2D eigenvalue weighted by Crippen LogP contribution is -2.52. The van der Waals surface area contributed by atoms with E-state index in [0.29, 0.717) is 55.2 Å². The van der Waals surface area contributed by atoms with E-state index in [-0.39, 0.29) is 17.6 Å². The summed E-state index contributed by atoms with van der Waals surface area (Å²) in [4.78, 5) is 35.6. The molecule has 2 amide bonds. The highest BCUT2D eigenvalue weighted by Crippen LogP contribution is 2.24. The van der Waals surface area contributed by atoms with Gasteiger partial charge in [0, 0.05) is 44.6 Å². The second kappa shape index (κ2) is 9.74. The van der Waals surface area contributed by atoms with Crippen molar-refractivity contribution in [2.75, 3.05) is 51.1 Å². The first-order valence-corrected chi connectivity index (χ1v) is 11.6. The first-order valence-electron chi connectivity index (χ1n) is 10.8. The van der Waals surface area contributed by atoms with Crippen molar-refractivity contribution in [3.05, 3.63) is 41.2 Å². The Morgan fingerprint density at radius 2 is 1.81 bits per heavy atom. The molecule has 2 fully saturated rings. The van der Waals surface area contributed by atoms with Crippen LogP contribution >= 0.6 is 11.3 Å². The zero-order valence-electron chi connectivity index (χ0n) is 17.7. The van der Waals surface area contributed by atoms with Crippen LogP contribution in [0, 0.1) is 11.7 Å². The van der Waals surface area contributed by atoms with Crippen molar-refractivity contribution in [1.82, 2.24) is 19.7 Å². The van der Waals surface area contributed by atoms with Crippen LogP contribution in [0.4, 0.5) is 15.2 Å². The Morgan fingerprint density at radius 1 is 1.10 bits per heavy atom. The monoisotopic (exact) mass is 445 g/mol. The number of hydrogen-bond donors (Lipinski definition) is 1. The molecule has 0 unspecified atom stereocenters. The summed E-state index contributed by atoms with van der Waals surface area (Å²) in [5, 5.41) is 5.10. The van der Waals surface area contributed by atoms with E-state index >= 15 is 0 Å². The average Bonchev–Trinajstić information content (AvgIpc) is 3.24. The second-order valence-electron chi connectivity index (χ2n) is 8.27. The highest BCUT2D eigenvalue weighted by molar-refractivity contribution is 7.14. The van der Waals surface area contributed by atoms with Gasteiger partial charge in [0.05, 0.1) is 12.2 Å². The molecule has 31 heavy (non-hydrogen) atoms. The molecule has 1 aromatic carbocycles. The summed E-state index contributed by atoms with van der Waals surface area (Å²) in [6.07, 6.45) is 2.16. The van der Waals surface area contributed by atoms with E-state index < -0.39 is 0 Å². The molecule has 0 saturated carbocycles. The van der Waals surface area contributed by atoms with E-state index in [1.54, 1.807) is 28.5 Å². The Hall–Kier alpha value is -2.52. The summed E-state index contributed by atoms with van der Waals surface area (Å²) in [6, 6.07) is 6.36. The maximum atomic E-state index is 13.8. The molecule has 1 aromatic heterocycles. The topological polar surface area (TPSA) is 68.8 Å².